The van der Waals surface area contributed by atoms with Gasteiger partial charge < -0.3 is 14.6 Å². The Morgan fingerprint density at radius 1 is 1.19 bits per heavy atom. The van der Waals surface area contributed by atoms with E-state index in [1.807, 2.05) is 56.3 Å². The van der Waals surface area contributed by atoms with Crippen LogP contribution in [0, 0.1) is 6.92 Å². The van der Waals surface area contributed by atoms with Crippen LogP contribution in [0.1, 0.15) is 35.1 Å². The lowest BCUT2D eigenvalue weighted by molar-refractivity contribution is 0.0953. The number of carbonyl (C=O) groups is 1. The van der Waals surface area contributed by atoms with Gasteiger partial charge in [-0.25, -0.2) is 4.98 Å². The first-order chi connectivity index (χ1) is 13.2. The van der Waals surface area contributed by atoms with Crippen molar-refractivity contribution in [1.82, 2.24) is 14.9 Å². The minimum Gasteiger partial charge on any atom is -0.380 e. The molecule has 0 saturated heterocycles. The average Bonchev–Trinajstić information content (AvgIpc) is 3.03. The molecule has 0 atom stereocenters. The van der Waals surface area contributed by atoms with Crippen molar-refractivity contribution in [3.05, 3.63) is 65.5 Å². The molecule has 1 aromatic heterocycles. The molecule has 0 aliphatic carbocycles. The van der Waals surface area contributed by atoms with Crippen molar-refractivity contribution < 1.29 is 9.53 Å². The van der Waals surface area contributed by atoms with E-state index in [0.29, 0.717) is 25.3 Å². The first-order valence-electron chi connectivity index (χ1n) is 9.56. The topological polar surface area (TPSA) is 56.1 Å². The van der Waals surface area contributed by atoms with Gasteiger partial charge in [0.25, 0.3) is 5.91 Å². The normalized spacial score (nSPS) is 11.0. The lowest BCUT2D eigenvalue weighted by Crippen LogP contribution is -2.25. The molecular formula is C22H27N3O2. The molecule has 0 aliphatic rings. The summed E-state index contributed by atoms with van der Waals surface area (Å²) in [5.74, 6) is 1.02. The molecule has 0 aliphatic heterocycles. The number of hydrogen-bond donors (Lipinski definition) is 1. The number of aryl methyl sites for hydroxylation is 2. The van der Waals surface area contributed by atoms with Gasteiger partial charge in [-0.05, 0) is 44.5 Å². The Morgan fingerprint density at radius 3 is 2.85 bits per heavy atom. The predicted octanol–water partition coefficient (Wildman–Crippen LogP) is 3.74. The number of aromatic nitrogens is 2. The van der Waals surface area contributed by atoms with Crippen molar-refractivity contribution >= 4 is 16.9 Å². The van der Waals surface area contributed by atoms with Crippen LogP contribution in [-0.2, 0) is 17.7 Å². The lowest BCUT2D eigenvalue weighted by atomic mass is 10.1. The minimum atomic E-state index is -0.0245. The number of imidazole rings is 1. The zero-order valence-corrected chi connectivity index (χ0v) is 16.1. The van der Waals surface area contributed by atoms with Gasteiger partial charge in [0, 0.05) is 31.7 Å². The van der Waals surface area contributed by atoms with E-state index >= 15 is 0 Å². The number of carbonyl (C=O) groups excluding carboxylic acids is 1. The molecule has 1 N–H and O–H groups in total. The van der Waals surface area contributed by atoms with Gasteiger partial charge in [0.1, 0.15) is 5.82 Å². The summed E-state index contributed by atoms with van der Waals surface area (Å²) >= 11 is 0. The minimum absolute atomic E-state index is 0.0245. The summed E-state index contributed by atoms with van der Waals surface area (Å²) in [5, 5.41) is 3.00. The third-order valence-electron chi connectivity index (χ3n) is 4.54. The Bertz CT molecular complexity index is 901. The van der Waals surface area contributed by atoms with E-state index in [0.717, 1.165) is 41.8 Å². The number of benzene rings is 2. The van der Waals surface area contributed by atoms with E-state index < -0.39 is 0 Å². The highest BCUT2D eigenvalue weighted by Gasteiger charge is 2.10. The highest BCUT2D eigenvalue weighted by atomic mass is 16.5. The largest absolute Gasteiger partial charge is 0.380 e. The first kappa shape index (κ1) is 19.1. The number of ether oxygens (including phenoxy) is 1. The van der Waals surface area contributed by atoms with Crippen LogP contribution < -0.4 is 5.32 Å². The van der Waals surface area contributed by atoms with E-state index in [-0.39, 0.29) is 5.91 Å². The SMILES string of the molecule is CCOCCn1c(CCCNC(=O)c2cccc(C)c2)nc2ccccc21. The standard InChI is InChI=1S/C22H27N3O2/c1-3-27-15-14-25-20-11-5-4-10-19(20)24-21(25)12-7-13-23-22(26)18-9-6-8-17(2)16-18/h4-6,8-11,16H,3,7,12-15H2,1-2H3,(H,23,26). The third kappa shape index (κ3) is 4.95. The Kier molecular flexibility index (Phi) is 6.60. The van der Waals surface area contributed by atoms with Gasteiger partial charge in [-0.1, -0.05) is 29.8 Å². The van der Waals surface area contributed by atoms with E-state index in [1.54, 1.807) is 0 Å². The monoisotopic (exact) mass is 365 g/mol. The molecule has 0 fully saturated rings. The van der Waals surface area contributed by atoms with Crippen molar-refractivity contribution in [2.75, 3.05) is 19.8 Å². The van der Waals surface area contributed by atoms with Gasteiger partial charge in [-0.2, -0.15) is 0 Å². The number of para-hydroxylation sites is 2. The molecule has 142 valence electrons. The molecular weight excluding hydrogens is 338 g/mol. The maximum Gasteiger partial charge on any atom is 0.251 e. The molecule has 1 amide bonds. The molecule has 0 spiro atoms. The van der Waals surface area contributed by atoms with E-state index in [1.165, 1.54) is 0 Å². The van der Waals surface area contributed by atoms with Crippen molar-refractivity contribution in [3.8, 4) is 0 Å². The van der Waals surface area contributed by atoms with Gasteiger partial charge in [0.2, 0.25) is 0 Å². The average molecular weight is 365 g/mol. The second-order valence-electron chi connectivity index (χ2n) is 6.59. The summed E-state index contributed by atoms with van der Waals surface area (Å²) in [6.07, 6.45) is 1.66. The zero-order chi connectivity index (χ0) is 19.1. The smallest absolute Gasteiger partial charge is 0.251 e. The number of nitrogens with one attached hydrogen (secondary N) is 1. The van der Waals surface area contributed by atoms with E-state index in [9.17, 15) is 4.79 Å². The fraction of sp³-hybridized carbons (Fsp3) is 0.364. The number of fused-ring (bicyclic) bond motifs is 1. The number of nitrogens with zero attached hydrogens (tertiary/aromatic N) is 2. The predicted molar refractivity (Wildman–Crippen MR) is 108 cm³/mol. The summed E-state index contributed by atoms with van der Waals surface area (Å²) in [4.78, 5) is 17.0. The van der Waals surface area contributed by atoms with Crippen LogP contribution >= 0.6 is 0 Å². The summed E-state index contributed by atoms with van der Waals surface area (Å²) in [7, 11) is 0. The number of amides is 1. The van der Waals surface area contributed by atoms with Gasteiger partial charge in [-0.15, -0.1) is 0 Å². The molecule has 5 heteroatoms. The molecule has 3 rings (SSSR count). The Balaban J connectivity index is 1.59. The van der Waals surface area contributed by atoms with Crippen molar-refractivity contribution in [2.24, 2.45) is 0 Å². The van der Waals surface area contributed by atoms with Gasteiger partial charge in [0.05, 0.1) is 17.6 Å². The second-order valence-corrected chi connectivity index (χ2v) is 6.59. The molecule has 0 bridgehead atoms. The Labute approximate surface area is 160 Å². The van der Waals surface area contributed by atoms with Gasteiger partial charge >= 0.3 is 0 Å². The fourth-order valence-corrected chi connectivity index (χ4v) is 3.20. The Morgan fingerprint density at radius 2 is 2.04 bits per heavy atom. The molecule has 0 radical (unpaired) electrons. The quantitative estimate of drug-likeness (QED) is 0.588. The van der Waals surface area contributed by atoms with Crippen molar-refractivity contribution in [3.63, 3.8) is 0 Å². The molecule has 0 saturated carbocycles. The molecule has 3 aromatic rings. The van der Waals surface area contributed by atoms with Gasteiger partial charge in [0.15, 0.2) is 0 Å². The maximum absolute atomic E-state index is 12.2. The highest BCUT2D eigenvalue weighted by molar-refractivity contribution is 5.94. The van der Waals surface area contributed by atoms with Crippen LogP contribution in [0.3, 0.4) is 0 Å². The molecule has 5 nitrogen and oxygen atoms in total. The van der Waals surface area contributed by atoms with Gasteiger partial charge in [-0.3, -0.25) is 4.79 Å². The van der Waals surface area contributed by atoms with Crippen LogP contribution in [0.2, 0.25) is 0 Å². The van der Waals surface area contributed by atoms with E-state index in [4.69, 9.17) is 9.72 Å². The summed E-state index contributed by atoms with van der Waals surface area (Å²) < 4.78 is 7.75. The Hall–Kier alpha value is -2.66. The zero-order valence-electron chi connectivity index (χ0n) is 16.1. The van der Waals surface area contributed by atoms with Crippen LogP contribution in [0.25, 0.3) is 11.0 Å². The number of rotatable bonds is 9. The summed E-state index contributed by atoms with van der Waals surface area (Å²) in [6.45, 7) is 6.80. The van der Waals surface area contributed by atoms with Crippen LogP contribution in [0.4, 0.5) is 0 Å². The molecule has 2 aromatic carbocycles. The maximum atomic E-state index is 12.2. The highest BCUT2D eigenvalue weighted by Crippen LogP contribution is 2.17. The fourth-order valence-electron chi connectivity index (χ4n) is 3.20. The van der Waals surface area contributed by atoms with Crippen LogP contribution in [-0.4, -0.2) is 35.2 Å². The molecule has 1 heterocycles. The molecule has 27 heavy (non-hydrogen) atoms. The van der Waals surface area contributed by atoms with Crippen LogP contribution in [0.5, 0.6) is 0 Å². The summed E-state index contributed by atoms with van der Waals surface area (Å²) in [6, 6.07) is 15.8. The third-order valence-corrected chi connectivity index (χ3v) is 4.54. The van der Waals surface area contributed by atoms with Crippen molar-refractivity contribution in [1.29, 1.82) is 0 Å². The second kappa shape index (κ2) is 9.33. The lowest BCUT2D eigenvalue weighted by Gasteiger charge is -2.10. The first-order valence-corrected chi connectivity index (χ1v) is 9.56. The number of hydrogen-bond acceptors (Lipinski definition) is 3. The molecule has 0 unspecified atom stereocenters. The van der Waals surface area contributed by atoms with Crippen LogP contribution in [0.15, 0.2) is 48.5 Å². The van der Waals surface area contributed by atoms with Crippen molar-refractivity contribution in [2.45, 2.75) is 33.2 Å². The van der Waals surface area contributed by atoms with E-state index in [2.05, 4.69) is 16.0 Å². The summed E-state index contributed by atoms with van der Waals surface area (Å²) in [5.41, 5.74) is 3.94.